The summed E-state index contributed by atoms with van der Waals surface area (Å²) in [7, 11) is 0. The Morgan fingerprint density at radius 3 is 2.47 bits per heavy atom. The van der Waals surface area contributed by atoms with Crippen LogP contribution in [-0.4, -0.2) is 29.0 Å². The zero-order valence-corrected chi connectivity index (χ0v) is 8.68. The first-order valence-electron chi connectivity index (χ1n) is 4.71. The highest BCUT2D eigenvalue weighted by molar-refractivity contribution is 5.78. The third kappa shape index (κ3) is 3.17. The van der Waals surface area contributed by atoms with Gasteiger partial charge in [0.1, 0.15) is 0 Å². The van der Waals surface area contributed by atoms with E-state index < -0.39 is 5.91 Å². The summed E-state index contributed by atoms with van der Waals surface area (Å²) in [5.74, 6) is 0.0943. The van der Waals surface area contributed by atoms with Crippen LogP contribution in [0.1, 0.15) is 12.5 Å². The molecule has 0 saturated heterocycles. The molecule has 0 unspecified atom stereocenters. The zero-order valence-electron chi connectivity index (χ0n) is 8.68. The fraction of sp³-hybridized carbons (Fsp3) is 0.444. The van der Waals surface area contributed by atoms with Gasteiger partial charge in [0.05, 0.1) is 6.54 Å². The molecular formula is C9H15N5O. The predicted octanol–water partition coefficient (Wildman–Crippen LogP) is -0.753. The van der Waals surface area contributed by atoms with Crippen LogP contribution in [0.15, 0.2) is 12.4 Å². The third-order valence-corrected chi connectivity index (χ3v) is 1.94. The zero-order chi connectivity index (χ0) is 11.3. The van der Waals surface area contributed by atoms with Crippen LogP contribution in [0.5, 0.6) is 0 Å². The minimum atomic E-state index is -0.400. The Labute approximate surface area is 88.3 Å². The maximum absolute atomic E-state index is 10.8. The number of hydrogen-bond donors (Lipinski definition) is 2. The van der Waals surface area contributed by atoms with Gasteiger partial charge in [0.25, 0.3) is 0 Å². The molecule has 1 amide bonds. The van der Waals surface area contributed by atoms with Crippen molar-refractivity contribution in [3.63, 3.8) is 0 Å². The smallest absolute Gasteiger partial charge is 0.237 e. The SMILES string of the molecule is CCN(CC(N)=O)c1ncc(CN)cn1. The van der Waals surface area contributed by atoms with E-state index in [1.54, 1.807) is 17.3 Å². The fourth-order valence-electron chi connectivity index (χ4n) is 1.13. The number of nitrogens with zero attached hydrogens (tertiary/aromatic N) is 3. The van der Waals surface area contributed by atoms with E-state index in [-0.39, 0.29) is 6.54 Å². The number of aromatic nitrogens is 2. The number of likely N-dealkylation sites (N-methyl/N-ethyl adjacent to an activating group) is 1. The molecule has 0 aliphatic rings. The van der Waals surface area contributed by atoms with Crippen molar-refractivity contribution in [3.8, 4) is 0 Å². The van der Waals surface area contributed by atoms with Gasteiger partial charge < -0.3 is 16.4 Å². The first-order chi connectivity index (χ1) is 7.17. The van der Waals surface area contributed by atoms with Crippen LogP contribution in [0.2, 0.25) is 0 Å². The molecular weight excluding hydrogens is 194 g/mol. The second-order valence-corrected chi connectivity index (χ2v) is 3.08. The Kier molecular flexibility index (Phi) is 3.99. The van der Waals surface area contributed by atoms with E-state index in [0.29, 0.717) is 19.0 Å². The van der Waals surface area contributed by atoms with E-state index in [1.165, 1.54) is 0 Å². The monoisotopic (exact) mass is 209 g/mol. The molecule has 1 rings (SSSR count). The van der Waals surface area contributed by atoms with Crippen LogP contribution >= 0.6 is 0 Å². The van der Waals surface area contributed by atoms with Gasteiger partial charge in [-0.05, 0) is 6.92 Å². The molecule has 0 atom stereocenters. The molecule has 0 spiro atoms. The summed E-state index contributed by atoms with van der Waals surface area (Å²) in [6, 6.07) is 0. The number of carbonyl (C=O) groups is 1. The standard InChI is InChI=1S/C9H15N5O/c1-2-14(6-8(11)15)9-12-4-7(3-10)5-13-9/h4-5H,2-3,6,10H2,1H3,(H2,11,15). The number of primary amides is 1. The highest BCUT2D eigenvalue weighted by Crippen LogP contribution is 2.05. The first kappa shape index (κ1) is 11.4. The minimum Gasteiger partial charge on any atom is -0.368 e. The molecule has 6 nitrogen and oxygen atoms in total. The lowest BCUT2D eigenvalue weighted by Gasteiger charge is -2.18. The Balaban J connectivity index is 2.78. The molecule has 82 valence electrons. The highest BCUT2D eigenvalue weighted by Gasteiger charge is 2.09. The van der Waals surface area contributed by atoms with Gasteiger partial charge in [-0.3, -0.25) is 4.79 Å². The van der Waals surface area contributed by atoms with Crippen molar-refractivity contribution in [3.05, 3.63) is 18.0 Å². The van der Waals surface area contributed by atoms with Crippen molar-refractivity contribution in [2.24, 2.45) is 11.5 Å². The van der Waals surface area contributed by atoms with Gasteiger partial charge in [-0.1, -0.05) is 0 Å². The number of rotatable bonds is 5. The van der Waals surface area contributed by atoms with Crippen LogP contribution in [0, 0.1) is 0 Å². The van der Waals surface area contributed by atoms with Gasteiger partial charge in [0.2, 0.25) is 11.9 Å². The van der Waals surface area contributed by atoms with Crippen LogP contribution in [0.3, 0.4) is 0 Å². The number of amides is 1. The second kappa shape index (κ2) is 5.26. The summed E-state index contributed by atoms with van der Waals surface area (Å²) in [6.45, 7) is 3.06. The van der Waals surface area contributed by atoms with E-state index in [0.717, 1.165) is 5.56 Å². The Hall–Kier alpha value is -1.69. The van der Waals surface area contributed by atoms with Crippen LogP contribution < -0.4 is 16.4 Å². The van der Waals surface area contributed by atoms with E-state index in [1.807, 2.05) is 6.92 Å². The Bertz CT molecular complexity index is 324. The van der Waals surface area contributed by atoms with Gasteiger partial charge in [-0.25, -0.2) is 9.97 Å². The van der Waals surface area contributed by atoms with Gasteiger partial charge in [0.15, 0.2) is 0 Å². The largest absolute Gasteiger partial charge is 0.368 e. The quantitative estimate of drug-likeness (QED) is 0.664. The molecule has 1 aromatic rings. The molecule has 0 saturated carbocycles. The lowest BCUT2D eigenvalue weighted by atomic mass is 10.3. The van der Waals surface area contributed by atoms with Gasteiger partial charge >= 0.3 is 0 Å². The molecule has 0 bridgehead atoms. The Morgan fingerprint density at radius 2 is 2.07 bits per heavy atom. The molecule has 0 radical (unpaired) electrons. The Morgan fingerprint density at radius 1 is 1.47 bits per heavy atom. The van der Waals surface area contributed by atoms with Crippen molar-refractivity contribution in [2.75, 3.05) is 18.0 Å². The van der Waals surface area contributed by atoms with E-state index in [9.17, 15) is 4.79 Å². The molecule has 1 heterocycles. The summed E-state index contributed by atoms with van der Waals surface area (Å²) in [5.41, 5.74) is 11.4. The van der Waals surface area contributed by atoms with Gasteiger partial charge in [-0.15, -0.1) is 0 Å². The van der Waals surface area contributed by atoms with Crippen molar-refractivity contribution in [1.29, 1.82) is 0 Å². The maximum atomic E-state index is 10.8. The van der Waals surface area contributed by atoms with E-state index >= 15 is 0 Å². The molecule has 1 aromatic heterocycles. The molecule has 4 N–H and O–H groups in total. The highest BCUT2D eigenvalue weighted by atomic mass is 16.1. The van der Waals surface area contributed by atoms with E-state index in [4.69, 9.17) is 11.5 Å². The maximum Gasteiger partial charge on any atom is 0.237 e. The van der Waals surface area contributed by atoms with Crippen molar-refractivity contribution >= 4 is 11.9 Å². The number of nitrogens with two attached hydrogens (primary N) is 2. The summed E-state index contributed by atoms with van der Waals surface area (Å²) in [6.07, 6.45) is 3.29. The normalized spacial score (nSPS) is 10.0. The summed E-state index contributed by atoms with van der Waals surface area (Å²) < 4.78 is 0. The van der Waals surface area contributed by atoms with E-state index in [2.05, 4.69) is 9.97 Å². The summed E-state index contributed by atoms with van der Waals surface area (Å²) >= 11 is 0. The molecule has 15 heavy (non-hydrogen) atoms. The second-order valence-electron chi connectivity index (χ2n) is 3.08. The molecule has 0 aromatic carbocycles. The molecule has 0 aliphatic heterocycles. The van der Waals surface area contributed by atoms with Crippen LogP contribution in [0.4, 0.5) is 5.95 Å². The van der Waals surface area contributed by atoms with Crippen LogP contribution in [0.25, 0.3) is 0 Å². The fourth-order valence-corrected chi connectivity index (χ4v) is 1.13. The van der Waals surface area contributed by atoms with Crippen molar-refractivity contribution in [1.82, 2.24) is 9.97 Å². The topological polar surface area (TPSA) is 98.1 Å². The third-order valence-electron chi connectivity index (χ3n) is 1.94. The average molecular weight is 209 g/mol. The average Bonchev–Trinajstić information content (AvgIpc) is 2.26. The number of carbonyl (C=O) groups excluding carboxylic acids is 1. The van der Waals surface area contributed by atoms with Crippen LogP contribution in [-0.2, 0) is 11.3 Å². The predicted molar refractivity (Wildman–Crippen MR) is 57.0 cm³/mol. The molecule has 6 heteroatoms. The minimum absolute atomic E-state index is 0.123. The van der Waals surface area contributed by atoms with Crippen molar-refractivity contribution in [2.45, 2.75) is 13.5 Å². The number of hydrogen-bond acceptors (Lipinski definition) is 5. The summed E-state index contributed by atoms with van der Waals surface area (Å²) in [4.78, 5) is 20.7. The lowest BCUT2D eigenvalue weighted by molar-refractivity contribution is -0.116. The lowest BCUT2D eigenvalue weighted by Crippen LogP contribution is -2.34. The van der Waals surface area contributed by atoms with Gasteiger partial charge in [0, 0.05) is 31.0 Å². The number of anilines is 1. The van der Waals surface area contributed by atoms with Gasteiger partial charge in [-0.2, -0.15) is 0 Å². The molecule has 0 aliphatic carbocycles. The summed E-state index contributed by atoms with van der Waals surface area (Å²) in [5, 5.41) is 0. The van der Waals surface area contributed by atoms with Crippen molar-refractivity contribution < 1.29 is 4.79 Å². The first-order valence-corrected chi connectivity index (χ1v) is 4.71. The molecule has 0 fully saturated rings.